The quantitative estimate of drug-likeness (QED) is 0.0333. The summed E-state index contributed by atoms with van der Waals surface area (Å²) in [6, 6.07) is 7.19. The number of benzene rings is 2. The van der Waals surface area contributed by atoms with Gasteiger partial charge in [0.15, 0.2) is 0 Å². The number of aliphatic carboxylic acids is 5. The van der Waals surface area contributed by atoms with Crippen molar-refractivity contribution < 1.29 is 93.0 Å². The summed E-state index contributed by atoms with van der Waals surface area (Å²) in [7, 11) is 0. The van der Waals surface area contributed by atoms with Crippen molar-refractivity contribution in [1.29, 1.82) is 0 Å². The van der Waals surface area contributed by atoms with Crippen molar-refractivity contribution in [3.05, 3.63) is 70.8 Å². The van der Waals surface area contributed by atoms with Gasteiger partial charge in [0.25, 0.3) is 0 Å². The number of aliphatic hydroxyl groups is 1. The van der Waals surface area contributed by atoms with E-state index in [1.54, 1.807) is 45.0 Å². The molecule has 3 heterocycles. The zero-order valence-corrected chi connectivity index (χ0v) is 60.0. The molecule has 8 amide bonds. The number of thioether (sulfide) groups is 3. The summed E-state index contributed by atoms with van der Waals surface area (Å²) in [6.45, 7) is 6.23. The van der Waals surface area contributed by atoms with Crippen molar-refractivity contribution in [2.75, 3.05) is 89.3 Å². The Morgan fingerprint density at radius 1 is 0.604 bits per heavy atom. The summed E-state index contributed by atoms with van der Waals surface area (Å²) in [5.74, 6) is -11.3. The molecule has 3 saturated heterocycles. The minimum absolute atomic E-state index is 0.0779. The van der Waals surface area contributed by atoms with Gasteiger partial charge in [-0.1, -0.05) is 75.2 Å². The zero-order valence-electron chi connectivity index (χ0n) is 57.6. The van der Waals surface area contributed by atoms with Crippen molar-refractivity contribution in [2.45, 2.75) is 164 Å². The summed E-state index contributed by atoms with van der Waals surface area (Å²) in [4.78, 5) is 181. The van der Waals surface area contributed by atoms with Crippen LogP contribution in [0.3, 0.4) is 0 Å². The van der Waals surface area contributed by atoms with Crippen LogP contribution >= 0.6 is 35.3 Å². The molecule has 3 fully saturated rings. The first-order valence-electron chi connectivity index (χ1n) is 34.2. The van der Waals surface area contributed by atoms with E-state index >= 15 is 0 Å². The molecule has 0 radical (unpaired) electrons. The van der Waals surface area contributed by atoms with Crippen LogP contribution in [0.25, 0.3) is 0 Å². The minimum Gasteiger partial charge on any atom is -0.481 e. The topological polar surface area (TPSA) is 446 Å². The Balaban J connectivity index is 1.34. The fraction of sp³-hybridized carbons (Fsp3) is 0.618. The number of nitrogens with zero attached hydrogens (tertiary/aromatic N) is 6. The zero-order chi connectivity index (χ0) is 74.1. The van der Waals surface area contributed by atoms with Crippen molar-refractivity contribution >= 4 is 119 Å². The smallest absolute Gasteiger partial charge is 0.327 e. The van der Waals surface area contributed by atoms with Crippen LogP contribution < -0.4 is 27.0 Å². The number of carbonyl (C=O) groups excluding carboxylic acids is 8. The van der Waals surface area contributed by atoms with E-state index in [-0.39, 0.29) is 127 Å². The lowest BCUT2D eigenvalue weighted by Gasteiger charge is -2.31. The second-order valence-corrected chi connectivity index (χ2v) is 28.7. The fourth-order valence-corrected chi connectivity index (χ4v) is 14.7. The van der Waals surface area contributed by atoms with Gasteiger partial charge in [0.2, 0.25) is 47.3 Å². The molecule has 33 heteroatoms. The van der Waals surface area contributed by atoms with Gasteiger partial charge in [-0.15, -0.1) is 0 Å². The monoisotopic (exact) mass is 1470 g/mol. The number of rotatable bonds is 43. The van der Waals surface area contributed by atoms with E-state index in [2.05, 4.69) is 26.3 Å². The molecule has 0 aromatic heterocycles. The first kappa shape index (κ1) is 84.0. The molecule has 0 bridgehead atoms. The maximum atomic E-state index is 14.6. The number of likely N-dealkylation sites (tertiary alicyclic amines) is 2. The molecular weight excluding hydrogens is 1370 g/mol. The van der Waals surface area contributed by atoms with Gasteiger partial charge in [0.05, 0.1) is 31.0 Å². The number of nitrogens with two attached hydrogens (primary N) is 1. The van der Waals surface area contributed by atoms with Crippen LogP contribution in [-0.4, -0.2) is 270 Å². The van der Waals surface area contributed by atoms with Gasteiger partial charge in [0, 0.05) is 125 Å². The summed E-state index contributed by atoms with van der Waals surface area (Å²) in [5, 5.41) is 69.8. The van der Waals surface area contributed by atoms with Gasteiger partial charge < -0.3 is 67.4 Å². The van der Waals surface area contributed by atoms with E-state index in [0.717, 1.165) is 29.5 Å². The van der Waals surface area contributed by atoms with E-state index in [1.807, 2.05) is 25.1 Å². The highest BCUT2D eigenvalue weighted by atomic mass is 32.2. The lowest BCUT2D eigenvalue weighted by atomic mass is 10.0. The number of amides is 8. The fourth-order valence-electron chi connectivity index (χ4n) is 11.9. The molecule has 558 valence electrons. The molecule has 0 saturated carbocycles. The van der Waals surface area contributed by atoms with Crippen LogP contribution in [0.2, 0.25) is 0 Å². The molecule has 3 aliphatic rings. The average Bonchev–Trinajstić information content (AvgIpc) is 1.68. The predicted octanol–water partition coefficient (Wildman–Crippen LogP) is 1.75. The highest BCUT2D eigenvalue weighted by molar-refractivity contribution is 7.99. The molecule has 2 aromatic carbocycles. The molecule has 0 aliphatic carbocycles. The Kier molecular flexibility index (Phi) is 36.6. The van der Waals surface area contributed by atoms with Crippen molar-refractivity contribution in [3.63, 3.8) is 0 Å². The first-order valence-corrected chi connectivity index (χ1v) is 37.6. The number of carbonyl (C=O) groups is 13. The normalized spacial score (nSPS) is 18.3. The molecule has 101 heavy (non-hydrogen) atoms. The maximum Gasteiger partial charge on any atom is 0.327 e. The lowest BCUT2D eigenvalue weighted by molar-refractivity contribution is -0.146. The summed E-state index contributed by atoms with van der Waals surface area (Å²) < 4.78 is 0. The van der Waals surface area contributed by atoms with Gasteiger partial charge in [-0.05, 0) is 74.1 Å². The Morgan fingerprint density at radius 2 is 1.16 bits per heavy atom. The third-order valence-corrected chi connectivity index (χ3v) is 20.9. The third-order valence-electron chi connectivity index (χ3n) is 17.6. The van der Waals surface area contributed by atoms with Crippen LogP contribution in [0.1, 0.15) is 120 Å². The molecule has 30 nitrogen and oxygen atoms in total. The van der Waals surface area contributed by atoms with E-state index < -0.39 is 126 Å². The van der Waals surface area contributed by atoms with Crippen LogP contribution in [-0.2, 0) is 86.0 Å². The Hall–Kier alpha value is -7.69. The molecule has 2 aromatic rings. The van der Waals surface area contributed by atoms with Crippen molar-refractivity contribution in [2.24, 2.45) is 22.6 Å². The van der Waals surface area contributed by atoms with Gasteiger partial charge in [-0.25, -0.2) is 9.79 Å². The standard InChI is InChI=1S/C68H99N11O19S3/c1-4-5-7-16-56(81)71-35-49(65(93)79-23-11-15-54(79)66(94)78-22-10-14-53(78)61(69)89)41-100-39-47-31-46(38-99-30-21-70-57(82)19-18-55(68(97)98)77-28-26-75(36-59(85)86)24-25-76(27-29-77)37-60(87)88)32-48(33-47)40-101-42-52(67(95)96)74-64(92)51(34-45-12-8-6-9-13-45)73-63(91)50(17-20-58(83)84)72-62(90)43(2)44(3)80/h6,8-9,12-13,31-33,35,43-44,49-55,80H,4-5,7,10-11,14-30,34,36-42H2,1-3H3,(H2,69,89)(H,70,82)(H,72,90)(H,73,91)(H,74,92)(H,83,84)(H,85,86)(H,87,88)(H,95,96)(H,97,98)/t43-,44+,49?,50-,51-,52?,53-,54-,55?/m0/s1. The molecule has 3 unspecified atom stereocenters. The number of unbranched alkanes of at least 4 members (excludes halogenated alkanes) is 2. The number of carboxylic acid groups (broad SMARTS) is 5. The van der Waals surface area contributed by atoms with Gasteiger partial charge in [0.1, 0.15) is 36.3 Å². The number of aliphatic hydroxyl groups excluding tert-OH is 1. The number of nitrogens with one attached hydrogen (secondary N) is 4. The number of aliphatic imine (C=N–C) groups is 1. The van der Waals surface area contributed by atoms with Crippen molar-refractivity contribution in [3.8, 4) is 0 Å². The second kappa shape index (κ2) is 44.0. The SMILES string of the molecule is CCCCCC(=O)N=CC(CSCc1cc(CSCCNC(=O)CCC(C(=O)O)N2CCN(CC(=O)O)CCN(CC(=O)O)CC2)cc(CSCC(NC(=O)[C@H](Cc2ccccc2)NC(=O)[C@H](CCC(=O)O)NC(=O)[C@@H](C)[C@@H](C)O)C(=O)O)c1)C(=O)N1CCC[C@H]1C(=O)N1CCC[C@H]1C(N)=O. The van der Waals surface area contributed by atoms with Crippen LogP contribution in [0.4, 0.5) is 0 Å². The number of hydrogen-bond acceptors (Lipinski definition) is 20. The highest BCUT2D eigenvalue weighted by Gasteiger charge is 2.43. The van der Waals surface area contributed by atoms with E-state index in [4.69, 9.17) is 5.73 Å². The molecular formula is C68H99N11O19S3. The van der Waals surface area contributed by atoms with E-state index in [1.165, 1.54) is 65.1 Å². The molecule has 0 spiro atoms. The average molecular weight is 1470 g/mol. The molecule has 12 N–H and O–H groups in total. The molecule has 9 atom stereocenters. The summed E-state index contributed by atoms with van der Waals surface area (Å²) in [5.41, 5.74) is 8.62. The van der Waals surface area contributed by atoms with Crippen molar-refractivity contribution in [1.82, 2.24) is 45.8 Å². The largest absolute Gasteiger partial charge is 0.481 e. The lowest BCUT2D eigenvalue weighted by Crippen LogP contribution is -2.57. The Morgan fingerprint density at radius 3 is 1.72 bits per heavy atom. The number of carboxylic acids is 5. The Labute approximate surface area is 600 Å². The van der Waals surface area contributed by atoms with Crippen LogP contribution in [0.5, 0.6) is 0 Å². The summed E-state index contributed by atoms with van der Waals surface area (Å²) in [6.07, 6.45) is 3.40. The maximum absolute atomic E-state index is 14.6. The van der Waals surface area contributed by atoms with Crippen LogP contribution in [0, 0.1) is 11.8 Å². The van der Waals surface area contributed by atoms with Crippen LogP contribution in [0.15, 0.2) is 53.5 Å². The van der Waals surface area contributed by atoms with E-state index in [0.29, 0.717) is 61.5 Å². The number of primary amides is 1. The third kappa shape index (κ3) is 29.7. The second-order valence-electron chi connectivity index (χ2n) is 25.5. The van der Waals surface area contributed by atoms with Gasteiger partial charge >= 0.3 is 29.8 Å². The molecule has 5 rings (SSSR count). The highest BCUT2D eigenvalue weighted by Crippen LogP contribution is 2.29. The van der Waals surface area contributed by atoms with E-state index in [9.17, 15) is 93.0 Å². The number of hydrogen-bond donors (Lipinski definition) is 11. The Bertz CT molecular complexity index is 3160. The first-order chi connectivity index (χ1) is 48.1. The van der Waals surface area contributed by atoms with Gasteiger partial charge in [-0.2, -0.15) is 35.3 Å². The molecule has 3 aliphatic heterocycles. The summed E-state index contributed by atoms with van der Waals surface area (Å²) >= 11 is 4.04. The minimum atomic E-state index is -1.51. The predicted molar refractivity (Wildman–Crippen MR) is 379 cm³/mol. The van der Waals surface area contributed by atoms with Gasteiger partial charge in [-0.3, -0.25) is 72.2 Å².